The standard InChI is InChI=1S/C8H14N6O/c1-14-8(11-12-13-14)10-5-4-9-7(15)6-2-3-6/h6H,2-5H2,1H3,(H,9,15)(H,10,11,13). The lowest BCUT2D eigenvalue weighted by molar-refractivity contribution is -0.122. The van der Waals surface area contributed by atoms with Gasteiger partial charge in [0.15, 0.2) is 0 Å². The number of carbonyl (C=O) groups excluding carboxylic acids is 1. The molecule has 1 aliphatic rings. The van der Waals surface area contributed by atoms with Crippen molar-refractivity contribution in [3.8, 4) is 0 Å². The number of amides is 1. The van der Waals surface area contributed by atoms with E-state index in [4.69, 9.17) is 0 Å². The van der Waals surface area contributed by atoms with Gasteiger partial charge in [-0.25, -0.2) is 4.68 Å². The van der Waals surface area contributed by atoms with Crippen LogP contribution in [0.15, 0.2) is 0 Å². The number of rotatable bonds is 5. The summed E-state index contributed by atoms with van der Waals surface area (Å²) < 4.78 is 1.54. The minimum absolute atomic E-state index is 0.160. The lowest BCUT2D eigenvalue weighted by Crippen LogP contribution is -2.30. The van der Waals surface area contributed by atoms with Gasteiger partial charge in [-0.05, 0) is 23.3 Å². The third-order valence-electron chi connectivity index (χ3n) is 2.28. The number of aryl methyl sites for hydroxylation is 1. The molecule has 2 N–H and O–H groups in total. The highest BCUT2D eigenvalue weighted by Crippen LogP contribution is 2.28. The van der Waals surface area contributed by atoms with Gasteiger partial charge < -0.3 is 10.6 Å². The summed E-state index contributed by atoms with van der Waals surface area (Å²) in [5, 5.41) is 16.8. The summed E-state index contributed by atoms with van der Waals surface area (Å²) in [6.45, 7) is 1.23. The number of tetrazole rings is 1. The fraction of sp³-hybridized carbons (Fsp3) is 0.750. The molecule has 0 aromatic carbocycles. The molecule has 1 heterocycles. The quantitative estimate of drug-likeness (QED) is 0.618. The van der Waals surface area contributed by atoms with Crippen LogP contribution in [0, 0.1) is 5.92 Å². The van der Waals surface area contributed by atoms with Crippen molar-refractivity contribution in [2.75, 3.05) is 18.4 Å². The lowest BCUT2D eigenvalue weighted by Gasteiger charge is -2.05. The second-order valence-corrected chi connectivity index (χ2v) is 3.62. The maximum atomic E-state index is 11.2. The van der Waals surface area contributed by atoms with E-state index in [1.165, 1.54) is 0 Å². The molecule has 0 radical (unpaired) electrons. The molecule has 1 aromatic heterocycles. The Kier molecular flexibility index (Phi) is 2.79. The Morgan fingerprint density at radius 1 is 1.53 bits per heavy atom. The van der Waals surface area contributed by atoms with Crippen LogP contribution in [0.5, 0.6) is 0 Å². The lowest BCUT2D eigenvalue weighted by atomic mass is 10.4. The van der Waals surface area contributed by atoms with Gasteiger partial charge in [-0.1, -0.05) is 5.10 Å². The predicted molar refractivity (Wildman–Crippen MR) is 53.0 cm³/mol. The zero-order valence-electron chi connectivity index (χ0n) is 8.60. The van der Waals surface area contributed by atoms with E-state index < -0.39 is 0 Å². The first-order valence-corrected chi connectivity index (χ1v) is 5.01. The zero-order valence-corrected chi connectivity index (χ0v) is 8.60. The predicted octanol–water partition coefficient (Wildman–Crippen LogP) is -0.852. The summed E-state index contributed by atoms with van der Waals surface area (Å²) in [4.78, 5) is 11.2. The molecule has 1 amide bonds. The summed E-state index contributed by atoms with van der Waals surface area (Å²) in [5.74, 6) is 1.03. The molecule has 2 rings (SSSR count). The molecule has 0 spiro atoms. The number of anilines is 1. The minimum Gasteiger partial charge on any atom is -0.354 e. The maximum absolute atomic E-state index is 11.2. The molecule has 1 aliphatic carbocycles. The Morgan fingerprint density at radius 2 is 2.33 bits per heavy atom. The Bertz CT molecular complexity index is 345. The summed E-state index contributed by atoms with van der Waals surface area (Å²) in [7, 11) is 1.76. The van der Waals surface area contributed by atoms with E-state index in [9.17, 15) is 4.79 Å². The number of carbonyl (C=O) groups is 1. The molecule has 0 unspecified atom stereocenters. The van der Waals surface area contributed by atoms with Crippen molar-refractivity contribution >= 4 is 11.9 Å². The summed E-state index contributed by atoms with van der Waals surface area (Å²) >= 11 is 0. The number of nitrogens with one attached hydrogen (secondary N) is 2. The zero-order chi connectivity index (χ0) is 10.7. The van der Waals surface area contributed by atoms with Gasteiger partial charge in [0.05, 0.1) is 0 Å². The number of nitrogens with zero attached hydrogens (tertiary/aromatic N) is 4. The molecular weight excluding hydrogens is 196 g/mol. The van der Waals surface area contributed by atoms with E-state index in [0.717, 1.165) is 12.8 Å². The van der Waals surface area contributed by atoms with E-state index >= 15 is 0 Å². The van der Waals surface area contributed by atoms with E-state index in [1.54, 1.807) is 11.7 Å². The largest absolute Gasteiger partial charge is 0.354 e. The smallest absolute Gasteiger partial charge is 0.242 e. The molecule has 0 bridgehead atoms. The van der Waals surface area contributed by atoms with Gasteiger partial charge in [-0.15, -0.1) is 0 Å². The molecule has 1 saturated carbocycles. The van der Waals surface area contributed by atoms with Crippen molar-refractivity contribution in [2.45, 2.75) is 12.8 Å². The molecule has 7 nitrogen and oxygen atoms in total. The van der Waals surface area contributed by atoms with Crippen molar-refractivity contribution in [1.29, 1.82) is 0 Å². The fourth-order valence-electron chi connectivity index (χ4n) is 1.23. The molecule has 82 valence electrons. The van der Waals surface area contributed by atoms with Crippen molar-refractivity contribution in [2.24, 2.45) is 13.0 Å². The molecule has 7 heteroatoms. The SMILES string of the molecule is Cn1nnnc1NCCNC(=O)C1CC1. The Balaban J connectivity index is 1.62. The van der Waals surface area contributed by atoms with Crippen LogP contribution < -0.4 is 10.6 Å². The van der Waals surface area contributed by atoms with Gasteiger partial charge in [-0.3, -0.25) is 4.79 Å². The average molecular weight is 210 g/mol. The van der Waals surface area contributed by atoms with Crippen LogP contribution in [-0.2, 0) is 11.8 Å². The highest BCUT2D eigenvalue weighted by atomic mass is 16.2. The van der Waals surface area contributed by atoms with Gasteiger partial charge >= 0.3 is 0 Å². The summed E-state index contributed by atoms with van der Waals surface area (Å²) in [6, 6.07) is 0. The molecule has 0 saturated heterocycles. The topological polar surface area (TPSA) is 84.7 Å². The Morgan fingerprint density at radius 3 is 2.93 bits per heavy atom. The van der Waals surface area contributed by atoms with Crippen LogP contribution in [-0.4, -0.2) is 39.2 Å². The molecule has 0 aliphatic heterocycles. The maximum Gasteiger partial charge on any atom is 0.242 e. The van der Waals surface area contributed by atoms with Crippen molar-refractivity contribution in [3.63, 3.8) is 0 Å². The highest BCUT2D eigenvalue weighted by Gasteiger charge is 2.28. The third kappa shape index (κ3) is 2.64. The van der Waals surface area contributed by atoms with Crippen LogP contribution >= 0.6 is 0 Å². The summed E-state index contributed by atoms with van der Waals surface area (Å²) in [6.07, 6.45) is 2.07. The minimum atomic E-state index is 0.160. The molecule has 0 atom stereocenters. The molecular formula is C8H14N6O. The van der Waals surface area contributed by atoms with Gasteiger partial charge in [0.25, 0.3) is 0 Å². The second-order valence-electron chi connectivity index (χ2n) is 3.62. The molecule has 1 fully saturated rings. The van der Waals surface area contributed by atoms with Crippen LogP contribution in [0.4, 0.5) is 5.95 Å². The first-order chi connectivity index (χ1) is 7.27. The van der Waals surface area contributed by atoms with Crippen LogP contribution in [0.1, 0.15) is 12.8 Å². The number of hydrogen-bond acceptors (Lipinski definition) is 5. The van der Waals surface area contributed by atoms with E-state index in [-0.39, 0.29) is 11.8 Å². The fourth-order valence-corrected chi connectivity index (χ4v) is 1.23. The van der Waals surface area contributed by atoms with E-state index in [1.807, 2.05) is 0 Å². The number of hydrogen-bond donors (Lipinski definition) is 2. The van der Waals surface area contributed by atoms with Gasteiger partial charge in [0.1, 0.15) is 0 Å². The number of aromatic nitrogens is 4. The average Bonchev–Trinajstić information content (AvgIpc) is 2.99. The normalized spacial score (nSPS) is 15.0. The van der Waals surface area contributed by atoms with Crippen LogP contribution in [0.25, 0.3) is 0 Å². The van der Waals surface area contributed by atoms with Crippen molar-refractivity contribution in [1.82, 2.24) is 25.5 Å². The van der Waals surface area contributed by atoms with Gasteiger partial charge in [0, 0.05) is 26.1 Å². The third-order valence-corrected chi connectivity index (χ3v) is 2.28. The molecule has 1 aromatic rings. The summed E-state index contributed by atoms with van der Waals surface area (Å²) in [5.41, 5.74) is 0. The van der Waals surface area contributed by atoms with E-state index in [0.29, 0.717) is 19.0 Å². The van der Waals surface area contributed by atoms with E-state index in [2.05, 4.69) is 26.2 Å². The van der Waals surface area contributed by atoms with Crippen molar-refractivity contribution in [3.05, 3.63) is 0 Å². The Labute approximate surface area is 87.2 Å². The molecule has 15 heavy (non-hydrogen) atoms. The van der Waals surface area contributed by atoms with Crippen molar-refractivity contribution < 1.29 is 4.79 Å². The highest BCUT2D eigenvalue weighted by molar-refractivity contribution is 5.80. The van der Waals surface area contributed by atoms with Gasteiger partial charge in [-0.2, -0.15) is 0 Å². The van der Waals surface area contributed by atoms with Crippen LogP contribution in [0.3, 0.4) is 0 Å². The monoisotopic (exact) mass is 210 g/mol. The second kappa shape index (κ2) is 4.24. The van der Waals surface area contributed by atoms with Crippen LogP contribution in [0.2, 0.25) is 0 Å². The first kappa shape index (κ1) is 9.88. The Hall–Kier alpha value is -1.66. The van der Waals surface area contributed by atoms with Gasteiger partial charge in [0.2, 0.25) is 11.9 Å². The first-order valence-electron chi connectivity index (χ1n) is 5.01.